The Balaban J connectivity index is 1.74. The number of rotatable bonds is 5. The van der Waals surface area contributed by atoms with Crippen molar-refractivity contribution < 1.29 is 18.3 Å². The van der Waals surface area contributed by atoms with Crippen LogP contribution in [0, 0.1) is 19.8 Å². The average molecular weight is 417 g/mol. The van der Waals surface area contributed by atoms with Crippen LogP contribution in [0.15, 0.2) is 47.4 Å². The first kappa shape index (κ1) is 21.5. The molecule has 29 heavy (non-hydrogen) atoms. The first-order chi connectivity index (χ1) is 13.7. The normalized spacial score (nSPS) is 16.6. The Hall–Kier alpha value is -2.22. The number of sulfonamides is 1. The molecule has 1 unspecified atom stereocenters. The summed E-state index contributed by atoms with van der Waals surface area (Å²) in [6.45, 7) is 4.62. The van der Waals surface area contributed by atoms with E-state index >= 15 is 0 Å². The number of hydrogen-bond donors (Lipinski definition) is 2. The average Bonchev–Trinajstić information content (AvgIpc) is 2.75. The number of hydrogen-bond acceptors (Lipinski definition) is 4. The Morgan fingerprint density at radius 2 is 1.76 bits per heavy atom. The Morgan fingerprint density at radius 3 is 2.34 bits per heavy atom. The van der Waals surface area contributed by atoms with Gasteiger partial charge in [0.1, 0.15) is 0 Å². The minimum absolute atomic E-state index is 0.0986. The molecule has 1 saturated heterocycles. The number of aryl methyl sites for hydroxylation is 1. The molecule has 3 rings (SSSR count). The van der Waals surface area contributed by atoms with Gasteiger partial charge in [0.25, 0.3) is 5.91 Å². The molecule has 156 valence electrons. The number of likely N-dealkylation sites (tertiary alicyclic amines) is 1. The maximum atomic E-state index is 13.0. The van der Waals surface area contributed by atoms with E-state index in [-0.39, 0.29) is 16.7 Å². The quantitative estimate of drug-likeness (QED) is 0.785. The third kappa shape index (κ3) is 4.52. The first-order valence-corrected chi connectivity index (χ1v) is 11.3. The molecule has 2 N–H and O–H groups in total. The molecule has 6 nitrogen and oxygen atoms in total. The fourth-order valence-corrected chi connectivity index (χ4v) is 4.93. The number of amides is 1. The van der Waals surface area contributed by atoms with Crippen molar-refractivity contribution in [2.75, 3.05) is 20.1 Å². The summed E-state index contributed by atoms with van der Waals surface area (Å²) in [5.74, 6) is -0.0743. The maximum Gasteiger partial charge on any atom is 0.253 e. The van der Waals surface area contributed by atoms with Gasteiger partial charge >= 0.3 is 0 Å². The number of carbonyl (C=O) groups is 1. The molecule has 0 aliphatic carbocycles. The molecule has 1 atom stereocenters. The minimum Gasteiger partial charge on any atom is -0.388 e. The van der Waals surface area contributed by atoms with Gasteiger partial charge in [-0.2, -0.15) is 0 Å². The van der Waals surface area contributed by atoms with Gasteiger partial charge in [-0.15, -0.1) is 0 Å². The lowest BCUT2D eigenvalue weighted by molar-refractivity contribution is 0.0462. The highest BCUT2D eigenvalue weighted by Gasteiger charge is 2.29. The smallest absolute Gasteiger partial charge is 0.253 e. The number of aliphatic hydroxyl groups excluding tert-OH is 1. The van der Waals surface area contributed by atoms with Gasteiger partial charge in [-0.05, 0) is 68.5 Å². The van der Waals surface area contributed by atoms with Crippen molar-refractivity contribution in [3.63, 3.8) is 0 Å². The molecule has 0 radical (unpaired) electrons. The van der Waals surface area contributed by atoms with Gasteiger partial charge in [0, 0.05) is 18.7 Å². The number of benzene rings is 2. The summed E-state index contributed by atoms with van der Waals surface area (Å²) in [7, 11) is -2.28. The number of piperidine rings is 1. The van der Waals surface area contributed by atoms with E-state index in [0.29, 0.717) is 37.1 Å². The van der Waals surface area contributed by atoms with Crippen molar-refractivity contribution in [1.82, 2.24) is 9.62 Å². The molecule has 7 heteroatoms. The molecular formula is C22H28N2O4S. The fourth-order valence-electron chi connectivity index (χ4n) is 3.86. The van der Waals surface area contributed by atoms with Crippen molar-refractivity contribution in [3.05, 3.63) is 64.7 Å². The number of aliphatic hydroxyl groups is 1. The second-order valence-electron chi connectivity index (χ2n) is 7.61. The molecule has 1 amide bonds. The Labute approximate surface area is 172 Å². The van der Waals surface area contributed by atoms with Gasteiger partial charge in [-0.3, -0.25) is 4.79 Å². The second-order valence-corrected chi connectivity index (χ2v) is 9.46. The van der Waals surface area contributed by atoms with E-state index < -0.39 is 16.1 Å². The van der Waals surface area contributed by atoms with Gasteiger partial charge in [0.2, 0.25) is 10.0 Å². The molecule has 2 aromatic rings. The molecule has 2 aromatic carbocycles. The van der Waals surface area contributed by atoms with E-state index in [2.05, 4.69) is 4.72 Å². The van der Waals surface area contributed by atoms with Crippen molar-refractivity contribution in [3.8, 4) is 0 Å². The Morgan fingerprint density at radius 1 is 1.14 bits per heavy atom. The van der Waals surface area contributed by atoms with E-state index in [1.54, 1.807) is 17.9 Å². The Bertz CT molecular complexity index is 981. The monoisotopic (exact) mass is 416 g/mol. The minimum atomic E-state index is -3.64. The van der Waals surface area contributed by atoms with Crippen molar-refractivity contribution in [2.45, 2.75) is 37.7 Å². The van der Waals surface area contributed by atoms with Crippen LogP contribution in [0.25, 0.3) is 0 Å². The molecular weight excluding hydrogens is 388 g/mol. The molecule has 1 fully saturated rings. The summed E-state index contributed by atoms with van der Waals surface area (Å²) >= 11 is 0. The van der Waals surface area contributed by atoms with Crippen LogP contribution in [-0.2, 0) is 10.0 Å². The van der Waals surface area contributed by atoms with Crippen molar-refractivity contribution >= 4 is 15.9 Å². The van der Waals surface area contributed by atoms with E-state index in [4.69, 9.17) is 0 Å². The van der Waals surface area contributed by atoms with Crippen LogP contribution in [0.3, 0.4) is 0 Å². The number of nitrogens with zero attached hydrogens (tertiary/aromatic N) is 1. The zero-order valence-corrected chi connectivity index (χ0v) is 17.9. The lowest BCUT2D eigenvalue weighted by Crippen LogP contribution is -2.40. The van der Waals surface area contributed by atoms with Crippen LogP contribution in [0.2, 0.25) is 0 Å². The van der Waals surface area contributed by atoms with Gasteiger partial charge in [0.05, 0.1) is 11.0 Å². The zero-order chi connectivity index (χ0) is 21.2. The van der Waals surface area contributed by atoms with Gasteiger partial charge < -0.3 is 10.0 Å². The molecule has 0 bridgehead atoms. The van der Waals surface area contributed by atoms with Crippen LogP contribution in [0.4, 0.5) is 0 Å². The standard InChI is InChI=1S/C22H28N2O4S/c1-15-13-19(14-20(16(15)2)29(27,28)23-3)22(26)24-11-9-18(10-12-24)21(25)17-7-5-4-6-8-17/h4-8,13-14,18,21,23,25H,9-12H2,1-3H3. The van der Waals surface area contributed by atoms with Crippen LogP contribution in [0.5, 0.6) is 0 Å². The summed E-state index contributed by atoms with van der Waals surface area (Å²) in [5.41, 5.74) is 2.68. The van der Waals surface area contributed by atoms with Gasteiger partial charge in [0.15, 0.2) is 0 Å². The van der Waals surface area contributed by atoms with Crippen LogP contribution >= 0.6 is 0 Å². The van der Waals surface area contributed by atoms with Crippen molar-refractivity contribution in [2.24, 2.45) is 5.92 Å². The number of carbonyl (C=O) groups excluding carboxylic acids is 1. The van der Waals surface area contributed by atoms with Crippen molar-refractivity contribution in [1.29, 1.82) is 0 Å². The summed E-state index contributed by atoms with van der Waals surface area (Å²) in [5, 5.41) is 10.6. The highest BCUT2D eigenvalue weighted by molar-refractivity contribution is 7.89. The first-order valence-electron chi connectivity index (χ1n) is 9.81. The van der Waals surface area contributed by atoms with Crippen LogP contribution in [0.1, 0.15) is 46.0 Å². The zero-order valence-electron chi connectivity index (χ0n) is 17.1. The van der Waals surface area contributed by atoms with E-state index in [9.17, 15) is 18.3 Å². The van der Waals surface area contributed by atoms with Crippen LogP contribution in [-0.4, -0.2) is 44.5 Å². The van der Waals surface area contributed by atoms with Gasteiger partial charge in [-0.1, -0.05) is 30.3 Å². The van der Waals surface area contributed by atoms with Crippen LogP contribution < -0.4 is 4.72 Å². The third-order valence-corrected chi connectivity index (χ3v) is 7.38. The lowest BCUT2D eigenvalue weighted by Gasteiger charge is -2.34. The summed E-state index contributed by atoms with van der Waals surface area (Å²) in [6, 6.07) is 12.8. The molecule has 1 heterocycles. The Kier molecular flexibility index (Phi) is 6.41. The topological polar surface area (TPSA) is 86.7 Å². The predicted molar refractivity (Wildman–Crippen MR) is 112 cm³/mol. The summed E-state index contributed by atoms with van der Waals surface area (Å²) in [6.07, 6.45) is 0.866. The van der Waals surface area contributed by atoms with E-state index in [1.165, 1.54) is 13.1 Å². The lowest BCUT2D eigenvalue weighted by atomic mass is 9.87. The third-order valence-electron chi connectivity index (χ3n) is 5.84. The highest BCUT2D eigenvalue weighted by Crippen LogP contribution is 2.31. The maximum absolute atomic E-state index is 13.0. The van der Waals surface area contributed by atoms with E-state index in [1.807, 2.05) is 37.3 Å². The van der Waals surface area contributed by atoms with Gasteiger partial charge in [-0.25, -0.2) is 13.1 Å². The van der Waals surface area contributed by atoms with E-state index in [0.717, 1.165) is 11.1 Å². The highest BCUT2D eigenvalue weighted by atomic mass is 32.2. The molecule has 0 spiro atoms. The summed E-state index contributed by atoms with van der Waals surface area (Å²) in [4.78, 5) is 14.9. The molecule has 0 saturated carbocycles. The second kappa shape index (κ2) is 8.65. The fraction of sp³-hybridized carbons (Fsp3) is 0.409. The largest absolute Gasteiger partial charge is 0.388 e. The SMILES string of the molecule is CNS(=O)(=O)c1cc(C(=O)N2CCC(C(O)c3ccccc3)CC2)cc(C)c1C. The predicted octanol–water partition coefficient (Wildman–Crippen LogP) is 2.80. The molecule has 1 aliphatic heterocycles. The molecule has 1 aliphatic rings. The molecule has 0 aromatic heterocycles. The summed E-state index contributed by atoms with van der Waals surface area (Å²) < 4.78 is 27.0. The number of nitrogens with one attached hydrogen (secondary N) is 1.